The summed E-state index contributed by atoms with van der Waals surface area (Å²) in [5, 5.41) is 19.7. The minimum absolute atomic E-state index is 0.161. The molecule has 1 unspecified atom stereocenters. The number of hydrogen-bond donors (Lipinski definition) is 0. The highest BCUT2D eigenvalue weighted by atomic mass is 32.1. The number of para-hydroxylation sites is 5. The van der Waals surface area contributed by atoms with Crippen LogP contribution in [0.15, 0.2) is 300 Å². The molecule has 2 aliphatic carbocycles. The molecule has 6 nitrogen and oxygen atoms in total. The largest absolute Gasteiger partial charge is 0.455 e. The van der Waals surface area contributed by atoms with Crippen molar-refractivity contribution in [3.63, 3.8) is 0 Å². The molecule has 6 aromatic heterocycles. The van der Waals surface area contributed by atoms with E-state index in [2.05, 4.69) is 358 Å². The average Bonchev–Trinajstić information content (AvgIpc) is 1.35. The van der Waals surface area contributed by atoms with E-state index in [1.165, 1.54) is 211 Å². The fourth-order valence-electron chi connectivity index (χ4n) is 24.8. The molecule has 0 fully saturated rings. The van der Waals surface area contributed by atoms with Gasteiger partial charge in [-0.05, 0) is 208 Å². The Balaban J connectivity index is 0.648. The molecule has 562 valence electrons. The lowest BCUT2D eigenvalue weighted by molar-refractivity contribution is 0.283. The molecule has 17 aromatic carbocycles. The van der Waals surface area contributed by atoms with Gasteiger partial charge in [-0.2, -0.15) is 0 Å². The van der Waals surface area contributed by atoms with E-state index in [9.17, 15) is 0 Å². The van der Waals surface area contributed by atoms with Crippen LogP contribution in [0.1, 0.15) is 87.3 Å². The number of aryl methyl sites for hydroxylation is 1. The van der Waals surface area contributed by atoms with Gasteiger partial charge in [-0.3, -0.25) is 0 Å². The van der Waals surface area contributed by atoms with Crippen LogP contribution in [0.4, 0.5) is 22.7 Å². The highest BCUT2D eigenvalue weighted by molar-refractivity contribution is 7.27. The van der Waals surface area contributed by atoms with E-state index in [1.54, 1.807) is 0 Å². The summed E-state index contributed by atoms with van der Waals surface area (Å²) in [5.74, 6) is 0.181. The molecular weight excluding hydrogens is 1490 g/mol. The van der Waals surface area contributed by atoms with Crippen molar-refractivity contribution in [1.29, 1.82) is 0 Å². The molecular formula is C110H72B2N4O2S2. The third-order valence-electron chi connectivity index (χ3n) is 29.9. The maximum absolute atomic E-state index is 7.42. The first-order chi connectivity index (χ1) is 58.7. The van der Waals surface area contributed by atoms with Crippen LogP contribution in [0.25, 0.3) is 194 Å². The first-order valence-electron chi connectivity index (χ1n) is 42.5. The van der Waals surface area contributed by atoms with Gasteiger partial charge in [0.15, 0.2) is 5.58 Å². The second-order valence-corrected chi connectivity index (χ2v) is 39.1. The zero-order valence-corrected chi connectivity index (χ0v) is 68.7. The summed E-state index contributed by atoms with van der Waals surface area (Å²) < 4.78 is 25.2. The van der Waals surface area contributed by atoms with E-state index in [0.717, 1.165) is 67.2 Å². The molecule has 0 spiro atoms. The molecule has 0 amide bonds. The molecule has 23 aromatic rings. The first kappa shape index (κ1) is 65.6. The van der Waals surface area contributed by atoms with Crippen molar-refractivity contribution >= 4 is 230 Å². The van der Waals surface area contributed by atoms with Crippen molar-refractivity contribution < 1.29 is 8.83 Å². The van der Waals surface area contributed by atoms with Gasteiger partial charge in [0, 0.05) is 134 Å². The van der Waals surface area contributed by atoms with Crippen molar-refractivity contribution in [1.82, 2.24) is 9.13 Å². The number of anilines is 4. The number of hydrogen-bond acceptors (Lipinski definition) is 6. The number of furan rings is 2. The van der Waals surface area contributed by atoms with Gasteiger partial charge in [-0.25, -0.2) is 0 Å². The lowest BCUT2D eigenvalue weighted by Gasteiger charge is -2.49. The number of benzene rings is 17. The number of rotatable bonds is 3. The van der Waals surface area contributed by atoms with E-state index < -0.39 is 0 Å². The topological polar surface area (TPSA) is 42.6 Å². The highest BCUT2D eigenvalue weighted by Crippen LogP contribution is 2.63. The Labute approximate surface area is 699 Å². The molecule has 4 aliphatic heterocycles. The fraction of sp³-hybridized carbons (Fsp3) is 0.109. The summed E-state index contributed by atoms with van der Waals surface area (Å²) >= 11 is 3.95. The van der Waals surface area contributed by atoms with E-state index in [4.69, 9.17) is 8.83 Å². The molecule has 1 atom stereocenters. The molecule has 6 aliphatic rings. The van der Waals surface area contributed by atoms with Crippen LogP contribution >= 0.6 is 22.7 Å². The predicted octanol–water partition coefficient (Wildman–Crippen LogP) is 27.6. The molecule has 10 heterocycles. The Morgan fingerprint density at radius 2 is 0.950 bits per heavy atom. The van der Waals surface area contributed by atoms with Crippen LogP contribution in [-0.4, -0.2) is 22.8 Å². The minimum Gasteiger partial charge on any atom is -0.455 e. The Morgan fingerprint density at radius 3 is 1.76 bits per heavy atom. The van der Waals surface area contributed by atoms with Gasteiger partial charge in [0.1, 0.15) is 16.7 Å². The monoisotopic (exact) mass is 1570 g/mol. The summed E-state index contributed by atoms with van der Waals surface area (Å²) in [6, 6.07) is 112. The summed E-state index contributed by atoms with van der Waals surface area (Å²) in [4.78, 5) is 5.48. The third-order valence-corrected chi connectivity index (χ3v) is 32.3. The van der Waals surface area contributed by atoms with E-state index in [-0.39, 0.29) is 35.9 Å². The van der Waals surface area contributed by atoms with Crippen molar-refractivity contribution in [3.8, 4) is 44.8 Å². The minimum atomic E-state index is -0.295. The van der Waals surface area contributed by atoms with Crippen LogP contribution in [0.2, 0.25) is 0 Å². The van der Waals surface area contributed by atoms with E-state index in [0.29, 0.717) is 0 Å². The smallest absolute Gasteiger partial charge is 0.333 e. The van der Waals surface area contributed by atoms with Crippen LogP contribution in [-0.2, 0) is 16.2 Å². The van der Waals surface area contributed by atoms with Crippen LogP contribution < -0.4 is 31.5 Å². The molecule has 0 N–H and O–H groups in total. The molecule has 29 rings (SSSR count). The van der Waals surface area contributed by atoms with E-state index >= 15 is 0 Å². The van der Waals surface area contributed by atoms with Gasteiger partial charge in [-0.15, -0.1) is 22.7 Å². The summed E-state index contributed by atoms with van der Waals surface area (Å²) in [6.07, 6.45) is 0.965. The predicted molar refractivity (Wildman–Crippen MR) is 511 cm³/mol. The molecule has 0 radical (unpaired) electrons. The first-order valence-corrected chi connectivity index (χ1v) is 44.1. The van der Waals surface area contributed by atoms with Gasteiger partial charge < -0.3 is 27.6 Å². The van der Waals surface area contributed by atoms with Crippen LogP contribution in [0.5, 0.6) is 0 Å². The van der Waals surface area contributed by atoms with Crippen molar-refractivity contribution in [2.45, 2.75) is 77.0 Å². The highest BCUT2D eigenvalue weighted by Gasteiger charge is 2.53. The normalized spacial score (nSPS) is 16.1. The maximum Gasteiger partial charge on any atom is 0.333 e. The van der Waals surface area contributed by atoms with Crippen LogP contribution in [0.3, 0.4) is 0 Å². The molecule has 120 heavy (non-hydrogen) atoms. The van der Waals surface area contributed by atoms with Gasteiger partial charge in [0.05, 0.1) is 27.8 Å². The zero-order valence-electron chi connectivity index (χ0n) is 67.1. The van der Waals surface area contributed by atoms with Crippen molar-refractivity contribution in [3.05, 3.63) is 325 Å². The number of aromatic nitrogens is 2. The number of thiophene rings is 2. The number of nitrogens with zero attached hydrogens (tertiary/aromatic N) is 4. The van der Waals surface area contributed by atoms with Gasteiger partial charge in [-0.1, -0.05) is 248 Å². The standard InChI is InChI=1S/C110H72B2N4O2S2/c1-57-49-78-77(55-86(57)116-84-48-45-71-66-30-15-19-40-92(66)119-106(71)96(84)97-99-74(63-27-12-16-34-76(63)110(99,6)7)53-88-100(97)111(116)80-35-20-31-68-73-50-59-24-8-9-25-60(59)51-87(73)114(88)102(68)80)108(2,3)56-79(109(78,4)5)61-41-43-67-75-54-89-101-98(107(75)120-93(67)52-61)95-83(47-44-70-65-29-14-18-39-91(65)118-105(70)95)115(85-37-22-32-69-64-28-13-17-38-90(64)117-104(69)85)112(101)81-36-21-33-72-94-62-26-11-10-23-58(62)42-46-82(94)113(89)103(72)81/h8-55,79H,56H2,1-7H3. The second-order valence-electron chi connectivity index (χ2n) is 37.0. The molecule has 10 heteroatoms. The lowest BCUT2D eigenvalue weighted by atomic mass is 9.43. The quantitative estimate of drug-likeness (QED) is 0.165. The lowest BCUT2D eigenvalue weighted by Crippen LogP contribution is -2.61. The summed E-state index contributed by atoms with van der Waals surface area (Å²) in [6.45, 7) is 17.3. The van der Waals surface area contributed by atoms with E-state index in [1.807, 2.05) is 22.7 Å². The molecule has 0 bridgehead atoms. The fourth-order valence-corrected chi connectivity index (χ4v) is 27.3. The SMILES string of the molecule is Cc1cc2c(cc1N1B3c4c(cc5c(c4-c4c1ccc1c4sc4ccccc41)C(C)(C)c1ccccc1-5)-n1c4cc5ccccc5cc4c4cccc3c41)C(C)(C)CC(c1ccc3c(c1)sc1c4c5c(cc13)-n1c3ccc6ccccc6c3c3cccc(c31)B5N(c1cccc3c1oc1ccccc13)c1ccc3c(oc5ccccc53)c1-4)C2(C)C. The summed E-state index contributed by atoms with van der Waals surface area (Å²) in [5.41, 5.74) is 36.3. The molecule has 0 saturated heterocycles. The van der Waals surface area contributed by atoms with Gasteiger partial charge >= 0.3 is 13.7 Å². The van der Waals surface area contributed by atoms with Gasteiger partial charge in [0.25, 0.3) is 0 Å². The Kier molecular flexibility index (Phi) is 12.1. The third kappa shape index (κ3) is 7.88. The van der Waals surface area contributed by atoms with Gasteiger partial charge in [0.2, 0.25) is 0 Å². The second kappa shape index (κ2) is 22.1. The number of fused-ring (bicyclic) bond motifs is 37. The van der Waals surface area contributed by atoms with Crippen LogP contribution in [0, 0.1) is 6.92 Å². The average molecular weight is 1570 g/mol. The molecule has 0 saturated carbocycles. The summed E-state index contributed by atoms with van der Waals surface area (Å²) in [7, 11) is 0. The zero-order chi connectivity index (χ0) is 78.9. The Bertz CT molecular complexity index is 8840. The van der Waals surface area contributed by atoms with Crippen molar-refractivity contribution in [2.75, 3.05) is 9.62 Å². The van der Waals surface area contributed by atoms with Crippen molar-refractivity contribution in [2.24, 2.45) is 0 Å². The maximum atomic E-state index is 7.42. The Morgan fingerprint density at radius 1 is 0.358 bits per heavy atom. The Hall–Kier alpha value is -13.4.